The van der Waals surface area contributed by atoms with Crippen LogP contribution in [0, 0.1) is 0 Å². The molecule has 0 aromatic heterocycles. The van der Waals surface area contributed by atoms with Crippen LogP contribution in [0.5, 0.6) is 0 Å². The summed E-state index contributed by atoms with van der Waals surface area (Å²) in [6.07, 6.45) is 76.4. The van der Waals surface area contributed by atoms with Crippen molar-refractivity contribution in [1.29, 1.82) is 0 Å². The highest BCUT2D eigenvalue weighted by molar-refractivity contribution is 5.71. The summed E-state index contributed by atoms with van der Waals surface area (Å²) in [6, 6.07) is 0. The second-order valence-corrected chi connectivity index (χ2v) is 21.0. The van der Waals surface area contributed by atoms with E-state index in [1.54, 1.807) is 0 Å². The van der Waals surface area contributed by atoms with Crippen LogP contribution in [0.1, 0.15) is 323 Å². The molecule has 0 saturated carbocycles. The van der Waals surface area contributed by atoms with Gasteiger partial charge in [-0.05, 0) is 64.2 Å². The number of hydrogen-bond donors (Lipinski definition) is 0. The number of carbonyl (C=O) groups is 3. The van der Waals surface area contributed by atoms with Gasteiger partial charge in [-0.25, -0.2) is 0 Å². The molecule has 1 atom stereocenters. The van der Waals surface area contributed by atoms with E-state index < -0.39 is 6.10 Å². The van der Waals surface area contributed by atoms with Gasteiger partial charge in [-0.15, -0.1) is 0 Å². The van der Waals surface area contributed by atoms with Crippen LogP contribution in [0.15, 0.2) is 60.8 Å². The number of hydrogen-bond acceptors (Lipinski definition) is 6. The highest BCUT2D eigenvalue weighted by atomic mass is 16.6. The lowest BCUT2D eigenvalue weighted by Crippen LogP contribution is -2.30. The molecule has 0 aliphatic rings. The molecule has 0 saturated heterocycles. The summed E-state index contributed by atoms with van der Waals surface area (Å²) in [7, 11) is 0. The standard InChI is InChI=1S/C66H118O6/c1-4-7-10-13-16-19-22-25-28-30-31-32-33-34-35-36-39-41-44-47-50-53-56-59-65(68)71-62-63(61-70-64(67)58-55-52-49-46-43-40-37-27-24-21-18-15-12-9-6-3)72-66(69)60-57-54-51-48-45-42-38-29-26-23-20-17-14-11-8-5-2/h7,10,16,19,25,28,31-32,34-35,63H,4-6,8-9,11-15,17-18,20-24,26-27,29-30,33,36-62H2,1-3H3/b10-7-,19-16-,28-25-,32-31-,35-34-. The van der Waals surface area contributed by atoms with Gasteiger partial charge in [0.2, 0.25) is 0 Å². The smallest absolute Gasteiger partial charge is 0.306 e. The SMILES string of the molecule is CC/C=C\C/C=C\C/C=C\C/C=C\C/C=C\CCCCCCCCCC(=O)OCC(COC(=O)CCCCCCCCCCCCCCCCC)OC(=O)CCCCCCCCCCCCCCCCCC. The Hall–Kier alpha value is -2.89. The van der Waals surface area contributed by atoms with Crippen molar-refractivity contribution in [3.8, 4) is 0 Å². The van der Waals surface area contributed by atoms with Gasteiger partial charge in [0.05, 0.1) is 0 Å². The summed E-state index contributed by atoms with van der Waals surface area (Å²) in [5, 5.41) is 0. The highest BCUT2D eigenvalue weighted by Gasteiger charge is 2.19. The van der Waals surface area contributed by atoms with Crippen molar-refractivity contribution in [1.82, 2.24) is 0 Å². The van der Waals surface area contributed by atoms with Gasteiger partial charge < -0.3 is 14.2 Å². The Bertz CT molecular complexity index is 1290. The molecule has 72 heavy (non-hydrogen) atoms. The fraction of sp³-hybridized carbons (Fsp3) is 0.803. The van der Waals surface area contributed by atoms with Crippen LogP contribution < -0.4 is 0 Å². The fourth-order valence-corrected chi connectivity index (χ4v) is 9.12. The molecule has 418 valence electrons. The minimum absolute atomic E-state index is 0.0728. The zero-order chi connectivity index (χ0) is 52.2. The van der Waals surface area contributed by atoms with Gasteiger partial charge in [-0.1, -0.05) is 300 Å². The zero-order valence-electron chi connectivity index (χ0n) is 47.9. The minimum atomic E-state index is -0.776. The predicted molar refractivity (Wildman–Crippen MR) is 312 cm³/mol. The number of ether oxygens (including phenoxy) is 3. The molecule has 0 aliphatic carbocycles. The molecule has 0 amide bonds. The van der Waals surface area contributed by atoms with E-state index in [0.717, 1.165) is 96.3 Å². The number of rotatable bonds is 57. The summed E-state index contributed by atoms with van der Waals surface area (Å²) >= 11 is 0. The zero-order valence-corrected chi connectivity index (χ0v) is 47.9. The topological polar surface area (TPSA) is 78.9 Å². The van der Waals surface area contributed by atoms with Gasteiger partial charge in [0.1, 0.15) is 13.2 Å². The van der Waals surface area contributed by atoms with Gasteiger partial charge in [-0.2, -0.15) is 0 Å². The number of esters is 3. The van der Waals surface area contributed by atoms with E-state index in [1.165, 1.54) is 186 Å². The third-order valence-corrected chi connectivity index (χ3v) is 13.8. The summed E-state index contributed by atoms with van der Waals surface area (Å²) < 4.78 is 16.9. The fourth-order valence-electron chi connectivity index (χ4n) is 9.12. The molecule has 0 bridgehead atoms. The van der Waals surface area contributed by atoms with Crippen LogP contribution in [-0.2, 0) is 28.6 Å². The second kappa shape index (κ2) is 60.7. The lowest BCUT2D eigenvalue weighted by atomic mass is 10.0. The summed E-state index contributed by atoms with van der Waals surface area (Å²) in [4.78, 5) is 38.3. The Morgan fingerprint density at radius 2 is 0.542 bits per heavy atom. The van der Waals surface area contributed by atoms with Crippen LogP contribution in [0.4, 0.5) is 0 Å². The van der Waals surface area contributed by atoms with E-state index in [0.29, 0.717) is 19.3 Å². The number of carbonyl (C=O) groups excluding carboxylic acids is 3. The van der Waals surface area contributed by atoms with Crippen LogP contribution in [0.3, 0.4) is 0 Å². The van der Waals surface area contributed by atoms with Gasteiger partial charge in [0.15, 0.2) is 6.10 Å². The average molecular weight is 1010 g/mol. The van der Waals surface area contributed by atoms with Crippen molar-refractivity contribution in [2.75, 3.05) is 13.2 Å². The van der Waals surface area contributed by atoms with Gasteiger partial charge in [0.25, 0.3) is 0 Å². The van der Waals surface area contributed by atoms with Crippen molar-refractivity contribution in [2.45, 2.75) is 329 Å². The second-order valence-electron chi connectivity index (χ2n) is 21.0. The Morgan fingerprint density at radius 3 is 0.847 bits per heavy atom. The predicted octanol–water partition coefficient (Wildman–Crippen LogP) is 21.2. The Labute approximate surface area is 447 Å². The summed E-state index contributed by atoms with van der Waals surface area (Å²) in [5.74, 6) is -0.864. The molecule has 6 heteroatoms. The molecule has 0 rings (SSSR count). The van der Waals surface area contributed by atoms with E-state index in [1.807, 2.05) is 0 Å². The molecule has 1 unspecified atom stereocenters. The summed E-state index contributed by atoms with van der Waals surface area (Å²) in [5.41, 5.74) is 0. The Balaban J connectivity index is 4.34. The molecule has 0 fully saturated rings. The maximum absolute atomic E-state index is 12.9. The van der Waals surface area contributed by atoms with Gasteiger partial charge in [-0.3, -0.25) is 14.4 Å². The third kappa shape index (κ3) is 58.0. The number of allylic oxidation sites excluding steroid dienone is 10. The van der Waals surface area contributed by atoms with Gasteiger partial charge in [0, 0.05) is 19.3 Å². The first-order valence-corrected chi connectivity index (χ1v) is 31.3. The maximum Gasteiger partial charge on any atom is 0.306 e. The van der Waals surface area contributed by atoms with Crippen molar-refractivity contribution < 1.29 is 28.6 Å². The molecule has 6 nitrogen and oxygen atoms in total. The van der Waals surface area contributed by atoms with E-state index in [9.17, 15) is 14.4 Å². The van der Waals surface area contributed by atoms with Crippen molar-refractivity contribution in [3.05, 3.63) is 60.8 Å². The van der Waals surface area contributed by atoms with E-state index >= 15 is 0 Å². The molecule has 0 radical (unpaired) electrons. The first-order valence-electron chi connectivity index (χ1n) is 31.3. The first kappa shape index (κ1) is 69.1. The molecular weight excluding hydrogens is 889 g/mol. The largest absolute Gasteiger partial charge is 0.462 e. The van der Waals surface area contributed by atoms with Crippen molar-refractivity contribution in [3.63, 3.8) is 0 Å². The molecular formula is C66H118O6. The normalized spacial score (nSPS) is 12.4. The lowest BCUT2D eigenvalue weighted by molar-refractivity contribution is -0.167. The van der Waals surface area contributed by atoms with E-state index in [4.69, 9.17) is 14.2 Å². The Morgan fingerprint density at radius 1 is 0.292 bits per heavy atom. The molecule has 0 aromatic rings. The highest BCUT2D eigenvalue weighted by Crippen LogP contribution is 2.17. The quantitative estimate of drug-likeness (QED) is 0.0261. The summed E-state index contributed by atoms with van der Waals surface area (Å²) in [6.45, 7) is 6.57. The molecule has 0 heterocycles. The number of unbranched alkanes of at least 4 members (excludes halogenated alkanes) is 36. The first-order chi connectivity index (χ1) is 35.5. The van der Waals surface area contributed by atoms with Crippen LogP contribution in [0.25, 0.3) is 0 Å². The molecule has 0 spiro atoms. The van der Waals surface area contributed by atoms with Crippen LogP contribution in [-0.4, -0.2) is 37.2 Å². The minimum Gasteiger partial charge on any atom is -0.462 e. The van der Waals surface area contributed by atoms with Crippen molar-refractivity contribution in [2.24, 2.45) is 0 Å². The monoisotopic (exact) mass is 1010 g/mol. The Kier molecular flexibility index (Phi) is 58.2. The van der Waals surface area contributed by atoms with Crippen LogP contribution >= 0.6 is 0 Å². The lowest BCUT2D eigenvalue weighted by Gasteiger charge is -2.18. The third-order valence-electron chi connectivity index (χ3n) is 13.8. The maximum atomic E-state index is 12.9. The molecule has 0 N–H and O–H groups in total. The molecule has 0 aliphatic heterocycles. The molecule has 0 aromatic carbocycles. The van der Waals surface area contributed by atoms with E-state index in [2.05, 4.69) is 81.5 Å². The average Bonchev–Trinajstić information content (AvgIpc) is 3.38. The van der Waals surface area contributed by atoms with Crippen LogP contribution in [0.2, 0.25) is 0 Å². The van der Waals surface area contributed by atoms with Crippen molar-refractivity contribution >= 4 is 17.9 Å². The van der Waals surface area contributed by atoms with Gasteiger partial charge >= 0.3 is 17.9 Å². The van der Waals surface area contributed by atoms with E-state index in [-0.39, 0.29) is 31.1 Å².